The van der Waals surface area contributed by atoms with Gasteiger partial charge >= 0.3 is 6.09 Å². The largest absolute Gasteiger partial charge is 0.443 e. The fourth-order valence-corrected chi connectivity index (χ4v) is 18.1. The molecule has 16 aromatic rings. The molecule has 0 radical (unpaired) electrons. The van der Waals surface area contributed by atoms with Crippen LogP contribution in [0.5, 0.6) is 0 Å². The third-order valence-corrected chi connectivity index (χ3v) is 24.3. The normalized spacial score (nSPS) is 17.0. The second kappa shape index (κ2) is 36.7. The number of H-pyrrole nitrogens is 5. The number of methoxy groups -OCH3 is 2. The molecule has 34 nitrogen and oxygen atoms in total. The van der Waals surface area contributed by atoms with E-state index in [0.29, 0.717) is 68.1 Å². The van der Waals surface area contributed by atoms with Crippen molar-refractivity contribution in [3.05, 3.63) is 351 Å². The topological polar surface area (TPSA) is 392 Å². The van der Waals surface area contributed by atoms with E-state index < -0.39 is 23.9 Å². The fraction of sp³-hybridized carbons (Fsp3) is 0.258. The Hall–Kier alpha value is -16.5. The van der Waals surface area contributed by atoms with Crippen LogP contribution in [0.1, 0.15) is 183 Å². The van der Waals surface area contributed by atoms with Gasteiger partial charge in [0.05, 0.1) is 98.5 Å². The first-order valence-corrected chi connectivity index (χ1v) is 43.2. The van der Waals surface area contributed by atoms with Crippen LogP contribution in [0.3, 0.4) is 0 Å². The average molecular weight is 1780 g/mol. The number of carbonyl (C=O) groups excluding carboxylic acids is 1. The summed E-state index contributed by atoms with van der Waals surface area (Å²) in [6, 6.07) is 38.4. The predicted molar refractivity (Wildman–Crippen MR) is 496 cm³/mol. The number of hydrogen-bond donors (Lipinski definition) is 10. The van der Waals surface area contributed by atoms with E-state index in [1.807, 2.05) is 142 Å². The summed E-state index contributed by atoms with van der Waals surface area (Å²) < 4.78 is 38.2. The van der Waals surface area contributed by atoms with Crippen LogP contribution in [0.2, 0.25) is 5.02 Å². The van der Waals surface area contributed by atoms with E-state index >= 15 is 0 Å². The SMILES string of the molecule is [C-]#[N+]C1=C(C(C)C)Nc2[nH]ncc2C1c1cccc2nocc12.[C-]#[N+]C1=C(C2CC2)Nc2[nH]ncc2C1c1cccc2nocc12.[C-]#[N+]C1=C(CCC)Nc2[nH]ncc2C1c1cccc2nocc12.[C-]#[N+]C1=C(CCC)Nc2n[nH]c(CC(OC)OC)c2C1c1ccccc1Cl.[C-]#[N+]C1=C(c2cn(C(=O)OC(C)(C)C)c3ccccc23)Nc2[nH]ncc2C1c1cccc2nonc12. The maximum atomic E-state index is 13.1. The average Bonchev–Trinajstić information content (AvgIpc) is 1.56. The number of allylic oxidation sites excluding steroid dienone is 9. The van der Waals surface area contributed by atoms with Crippen LogP contribution in [0.15, 0.2) is 241 Å². The van der Waals surface area contributed by atoms with Gasteiger partial charge in [-0.3, -0.25) is 30.1 Å². The minimum absolute atomic E-state index is 0.138. The summed E-state index contributed by atoms with van der Waals surface area (Å²) in [6.07, 6.45) is 19.1. The van der Waals surface area contributed by atoms with Crippen molar-refractivity contribution in [2.75, 3.05) is 40.8 Å². The zero-order chi connectivity index (χ0) is 91.6. The number of nitrogens with zero attached hydrogens (tertiary/aromatic N) is 16. The molecule has 1 fully saturated rings. The van der Waals surface area contributed by atoms with Gasteiger partial charge in [-0.15, -0.1) is 0 Å². The summed E-state index contributed by atoms with van der Waals surface area (Å²) in [7, 11) is 3.20. The van der Waals surface area contributed by atoms with Gasteiger partial charge in [-0.05, 0) is 133 Å². The molecule has 6 aromatic carbocycles. The van der Waals surface area contributed by atoms with Crippen molar-refractivity contribution in [1.82, 2.24) is 81.3 Å². The molecule has 15 heterocycles. The molecule has 660 valence electrons. The highest BCUT2D eigenvalue weighted by molar-refractivity contribution is 6.31. The predicted octanol–water partition coefficient (Wildman–Crippen LogP) is 21.8. The molecule has 5 atom stereocenters. The van der Waals surface area contributed by atoms with E-state index in [1.165, 1.54) is 4.57 Å². The summed E-state index contributed by atoms with van der Waals surface area (Å²) in [6.45, 7) is 53.0. The molecule has 132 heavy (non-hydrogen) atoms. The quantitative estimate of drug-likeness (QED) is 0.0317. The maximum Gasteiger partial charge on any atom is 0.419 e. The second-order valence-corrected chi connectivity index (χ2v) is 33.8. The van der Waals surface area contributed by atoms with E-state index in [4.69, 9.17) is 76.9 Å². The molecule has 1 aliphatic carbocycles. The lowest BCUT2D eigenvalue weighted by Gasteiger charge is -2.28. The van der Waals surface area contributed by atoms with Crippen molar-refractivity contribution < 1.29 is 37.2 Å². The van der Waals surface area contributed by atoms with Crippen LogP contribution in [0, 0.1) is 44.7 Å². The third kappa shape index (κ3) is 16.1. The lowest BCUT2D eigenvalue weighted by Crippen LogP contribution is -2.26. The third-order valence-electron chi connectivity index (χ3n) is 23.9. The molecule has 6 aliphatic rings. The summed E-state index contributed by atoms with van der Waals surface area (Å²) in [4.78, 5) is 32.5. The van der Waals surface area contributed by atoms with Crippen molar-refractivity contribution in [2.24, 2.45) is 11.8 Å². The molecule has 0 amide bonds. The molecule has 10 N–H and O–H groups in total. The summed E-state index contributed by atoms with van der Waals surface area (Å²) in [5, 5.41) is 77.4. The Labute approximate surface area is 760 Å². The van der Waals surface area contributed by atoms with E-state index in [1.54, 1.807) is 64.0 Å². The highest BCUT2D eigenvalue weighted by atomic mass is 35.5. The first-order valence-electron chi connectivity index (χ1n) is 42.8. The minimum atomic E-state index is -0.660. The Morgan fingerprint density at radius 2 is 0.985 bits per heavy atom. The Balaban J connectivity index is 0.000000112. The summed E-state index contributed by atoms with van der Waals surface area (Å²) >= 11 is 6.52. The van der Waals surface area contributed by atoms with Gasteiger partial charge in [0, 0.05) is 115 Å². The molecule has 1 saturated carbocycles. The first kappa shape index (κ1) is 86.3. The molecule has 5 aliphatic heterocycles. The van der Waals surface area contributed by atoms with Crippen LogP contribution >= 0.6 is 11.6 Å². The number of para-hydroxylation sites is 1. The molecule has 5 unspecified atom stereocenters. The summed E-state index contributed by atoms with van der Waals surface area (Å²) in [5.74, 6) is 3.41. The number of halogens is 1. The standard InChI is InChI=1S/C26H21N7O3.C20H23ClN4O2.C17H13N5O.2C17H15N5O/c1-26(2,3)35-25(34)33-13-17(14-8-5-6-11-19(14)33)22-23(27-4)20(16-12-28-30-24(16)29-22)15-9-7-10-18-21(15)32-36-31-18;1-5-8-14-19(22-2)17(12-9-6-7-10-13(12)21)18-15(11-16(26-3)27-4)24-25-20(18)23-14;1-18-16-14(10-3-2-4-13-12(10)8-23-22-13)11-7-19-21-17(11)20-15(16)9-5-6-9;1-9(2)15-16(18-3)14(11-7-19-21-17(11)20-15)10-5-4-6-13-12(10)8-23-22-13;1-3-5-14-16(18-2)15(11-8-19-21-17(11)20-14)10-6-4-7-13-12(10)9-23-22-13/h5-13,20H,1-3H3,(H2,28,29,30);6-7,9-10,16-17H,5,8,11H2,1,3-4H3,(H2,23,24,25);2-4,7-9,14H,5-6H2,(H2,19,20,21);4-9,14H,1-2H3,(H2,19,20,21);4,6-9,15H,3,5H2,1H3,(H2,19,20,21). The van der Waals surface area contributed by atoms with Gasteiger partial charge in [0.1, 0.15) is 75.2 Å². The lowest BCUT2D eigenvalue weighted by molar-refractivity contribution is -0.101. The van der Waals surface area contributed by atoms with E-state index in [2.05, 4.69) is 155 Å². The number of ether oxygens (including phenoxy) is 3. The maximum absolute atomic E-state index is 13.1. The number of rotatable bonds is 16. The fourth-order valence-electron chi connectivity index (χ4n) is 17.9. The van der Waals surface area contributed by atoms with Gasteiger partial charge in [0.2, 0.25) is 5.70 Å². The van der Waals surface area contributed by atoms with E-state index in [0.717, 1.165) is 195 Å². The van der Waals surface area contributed by atoms with Crippen LogP contribution in [-0.4, -0.2) is 114 Å². The molecule has 35 heteroatoms. The van der Waals surface area contributed by atoms with Crippen LogP contribution in [0.4, 0.5) is 33.9 Å². The van der Waals surface area contributed by atoms with Crippen LogP contribution in [-0.2, 0) is 20.6 Å². The minimum Gasteiger partial charge on any atom is -0.443 e. The Morgan fingerprint density at radius 1 is 0.508 bits per heavy atom. The molecular formula is C97H87ClN26O8. The Morgan fingerprint density at radius 3 is 1.52 bits per heavy atom. The number of fused-ring (bicyclic) bond motifs is 10. The number of anilines is 5. The van der Waals surface area contributed by atoms with Gasteiger partial charge < -0.3 is 54.4 Å². The highest BCUT2D eigenvalue weighted by Crippen LogP contribution is 2.53. The highest BCUT2D eigenvalue weighted by Gasteiger charge is 2.42. The van der Waals surface area contributed by atoms with Crippen molar-refractivity contribution in [1.29, 1.82) is 0 Å². The number of nitrogens with one attached hydrogen (secondary N) is 10. The van der Waals surface area contributed by atoms with Crippen molar-refractivity contribution in [2.45, 2.75) is 135 Å². The van der Waals surface area contributed by atoms with Gasteiger partial charge in [0.15, 0.2) is 34.9 Å². The Kier molecular flexibility index (Phi) is 24.0. The van der Waals surface area contributed by atoms with Gasteiger partial charge in [-0.25, -0.2) is 33.6 Å². The van der Waals surface area contributed by atoms with Gasteiger partial charge in [-0.1, -0.05) is 153 Å². The Bertz CT molecular complexity index is 7350. The van der Waals surface area contributed by atoms with E-state index in [9.17, 15) is 4.79 Å². The van der Waals surface area contributed by atoms with Gasteiger partial charge in [-0.2, -0.15) is 25.5 Å². The monoisotopic (exact) mass is 1780 g/mol. The molecule has 22 rings (SSSR count). The van der Waals surface area contributed by atoms with Gasteiger partial charge in [0.25, 0.3) is 0 Å². The number of aromatic amines is 5. The smallest absolute Gasteiger partial charge is 0.419 e. The molecule has 0 bridgehead atoms. The molecule has 0 saturated heterocycles. The van der Waals surface area contributed by atoms with Crippen molar-refractivity contribution in [3.63, 3.8) is 0 Å². The number of hydrogen-bond acceptors (Lipinski definition) is 23. The molecular weight excluding hydrogens is 1690 g/mol. The van der Waals surface area contributed by atoms with Crippen molar-refractivity contribution >= 4 is 107 Å². The van der Waals surface area contributed by atoms with Crippen LogP contribution in [0.25, 0.3) is 84.6 Å². The lowest BCUT2D eigenvalue weighted by atomic mass is 9.83. The number of benzene rings is 6. The second-order valence-electron chi connectivity index (χ2n) is 33.4. The number of carbonyl (C=O) groups is 1. The van der Waals surface area contributed by atoms with Crippen LogP contribution < -0.4 is 26.6 Å². The molecule has 10 aromatic heterocycles. The number of aromatic nitrogens is 16. The summed E-state index contributed by atoms with van der Waals surface area (Å²) in [5.41, 5.74) is 22.2. The zero-order valence-corrected chi connectivity index (χ0v) is 73.8. The molecule has 0 spiro atoms. The van der Waals surface area contributed by atoms with Crippen molar-refractivity contribution in [3.8, 4) is 0 Å². The van der Waals surface area contributed by atoms with E-state index in [-0.39, 0.29) is 29.6 Å². The first-order chi connectivity index (χ1) is 64.4. The zero-order valence-electron chi connectivity index (χ0n) is 73.0.